The molecule has 5 rings (SSSR count). The zero-order chi connectivity index (χ0) is 29.3. The van der Waals surface area contributed by atoms with Crippen molar-refractivity contribution in [2.75, 3.05) is 39.0 Å². The number of anilines is 1. The number of nitrogens with one attached hydrogen (secondary N) is 1. The van der Waals surface area contributed by atoms with E-state index in [-0.39, 0.29) is 36.1 Å². The number of rotatable bonds is 7. The van der Waals surface area contributed by atoms with Gasteiger partial charge >= 0.3 is 0 Å². The molecule has 0 bridgehead atoms. The van der Waals surface area contributed by atoms with E-state index in [9.17, 15) is 18.0 Å². The van der Waals surface area contributed by atoms with Gasteiger partial charge in [-0.2, -0.15) is 4.31 Å². The zero-order valence-corrected chi connectivity index (χ0v) is 25.4. The fourth-order valence-corrected chi connectivity index (χ4v) is 8.27. The quantitative estimate of drug-likeness (QED) is 0.442. The van der Waals surface area contributed by atoms with Crippen molar-refractivity contribution in [3.8, 4) is 0 Å². The average molecular weight is 597 g/mol. The molecule has 0 spiro atoms. The predicted molar refractivity (Wildman–Crippen MR) is 160 cm³/mol. The van der Waals surface area contributed by atoms with E-state index in [0.717, 1.165) is 30.0 Å². The van der Waals surface area contributed by atoms with Gasteiger partial charge in [0.2, 0.25) is 10.0 Å². The summed E-state index contributed by atoms with van der Waals surface area (Å²) in [6.45, 7) is 6.59. The Kier molecular flexibility index (Phi) is 8.62. The van der Waals surface area contributed by atoms with Crippen molar-refractivity contribution in [3.63, 3.8) is 0 Å². The van der Waals surface area contributed by atoms with Gasteiger partial charge in [0.1, 0.15) is 5.00 Å². The third-order valence-electron chi connectivity index (χ3n) is 7.37. The average Bonchev–Trinajstić information content (AvgIpc) is 3.29. The minimum Gasteiger partial charge on any atom is -0.373 e. The van der Waals surface area contributed by atoms with Crippen molar-refractivity contribution in [1.82, 2.24) is 14.1 Å². The Balaban J connectivity index is 1.35. The van der Waals surface area contributed by atoms with Gasteiger partial charge in [0, 0.05) is 57.3 Å². The van der Waals surface area contributed by atoms with Crippen molar-refractivity contribution < 1.29 is 22.7 Å². The van der Waals surface area contributed by atoms with E-state index in [1.54, 1.807) is 14.1 Å². The molecule has 2 atom stereocenters. The molecule has 1 aromatic heterocycles. The molecule has 1 N–H and O–H groups in total. The van der Waals surface area contributed by atoms with Crippen LogP contribution in [0.2, 0.25) is 0 Å². The predicted octanol–water partition coefficient (Wildman–Crippen LogP) is 4.06. The summed E-state index contributed by atoms with van der Waals surface area (Å²) in [5.41, 5.74) is 3.07. The van der Waals surface area contributed by atoms with Gasteiger partial charge in [0.05, 0.1) is 22.7 Å². The monoisotopic (exact) mass is 596 g/mol. The van der Waals surface area contributed by atoms with Crippen LogP contribution in [0.4, 0.5) is 5.00 Å². The largest absolute Gasteiger partial charge is 0.373 e. The molecule has 9 nitrogen and oxygen atoms in total. The summed E-state index contributed by atoms with van der Waals surface area (Å²) < 4.78 is 33.5. The first-order valence-electron chi connectivity index (χ1n) is 13.7. The minimum absolute atomic E-state index is 0.129. The summed E-state index contributed by atoms with van der Waals surface area (Å²) in [7, 11) is -0.306. The number of thiophene rings is 1. The highest BCUT2D eigenvalue weighted by atomic mass is 32.2. The van der Waals surface area contributed by atoms with Gasteiger partial charge in [-0.1, -0.05) is 30.3 Å². The number of carbonyl (C=O) groups is 2. The molecule has 0 saturated carbocycles. The number of hydrogen-bond acceptors (Lipinski definition) is 7. The summed E-state index contributed by atoms with van der Waals surface area (Å²) in [5, 5.41) is 3.48. The zero-order valence-electron chi connectivity index (χ0n) is 23.8. The van der Waals surface area contributed by atoms with Crippen LogP contribution < -0.4 is 5.32 Å². The number of hydrogen-bond donors (Lipinski definition) is 1. The Hall–Kier alpha value is -3.09. The lowest BCUT2D eigenvalue weighted by Gasteiger charge is -2.34. The van der Waals surface area contributed by atoms with Crippen molar-refractivity contribution >= 4 is 38.2 Å². The number of fused-ring (bicyclic) bond motifs is 1. The highest BCUT2D eigenvalue weighted by Crippen LogP contribution is 2.38. The molecule has 1 fully saturated rings. The summed E-state index contributed by atoms with van der Waals surface area (Å²) in [4.78, 5) is 31.6. The first kappa shape index (κ1) is 29.4. The standard InChI is InChI=1S/C30H36N4O5S2/c1-20-16-34(17-21(2)39-20)41(37,38)24-12-10-23(11-13-24)28(35)31-29-27(30(36)32(3)4)25-14-15-33(19-26(25)40-29)18-22-8-6-5-7-9-22/h5-13,20-21H,14-19H2,1-4H3,(H,31,35). The summed E-state index contributed by atoms with van der Waals surface area (Å²) >= 11 is 1.44. The van der Waals surface area contributed by atoms with E-state index >= 15 is 0 Å². The maximum atomic E-state index is 13.3. The Morgan fingerprint density at radius 1 is 1.02 bits per heavy atom. The molecule has 2 aliphatic rings. The molecule has 3 aromatic rings. The number of morpholine rings is 1. The van der Waals surface area contributed by atoms with Gasteiger partial charge in [-0.3, -0.25) is 14.5 Å². The van der Waals surface area contributed by atoms with Crippen molar-refractivity contribution in [2.45, 2.75) is 50.5 Å². The second-order valence-electron chi connectivity index (χ2n) is 10.9. The van der Waals surface area contributed by atoms with Gasteiger partial charge in [0.15, 0.2) is 0 Å². The summed E-state index contributed by atoms with van der Waals surface area (Å²) in [6, 6.07) is 16.2. The molecule has 2 unspecified atom stereocenters. The molecule has 0 radical (unpaired) electrons. The third-order valence-corrected chi connectivity index (χ3v) is 10.4. The Morgan fingerprint density at radius 2 is 1.68 bits per heavy atom. The lowest BCUT2D eigenvalue weighted by molar-refractivity contribution is -0.0440. The molecule has 41 heavy (non-hydrogen) atoms. The lowest BCUT2D eigenvalue weighted by Crippen LogP contribution is -2.48. The number of ether oxygens (including phenoxy) is 1. The highest BCUT2D eigenvalue weighted by molar-refractivity contribution is 7.89. The second-order valence-corrected chi connectivity index (χ2v) is 14.0. The van der Waals surface area contributed by atoms with Crippen LogP contribution in [0.5, 0.6) is 0 Å². The Bertz CT molecular complexity index is 1510. The summed E-state index contributed by atoms with van der Waals surface area (Å²) in [6.07, 6.45) is 0.328. The first-order valence-corrected chi connectivity index (χ1v) is 16.0. The molecule has 1 saturated heterocycles. The van der Waals surface area contributed by atoms with E-state index in [1.807, 2.05) is 32.0 Å². The Labute approximate surface area is 245 Å². The number of sulfonamides is 1. The van der Waals surface area contributed by atoms with Crippen LogP contribution in [0, 0.1) is 0 Å². The molecule has 218 valence electrons. The van der Waals surface area contributed by atoms with Gasteiger partial charge in [-0.05, 0) is 55.7 Å². The van der Waals surface area contributed by atoms with E-state index in [0.29, 0.717) is 22.7 Å². The third kappa shape index (κ3) is 6.39. The van der Waals surface area contributed by atoms with Gasteiger partial charge < -0.3 is 15.0 Å². The topological polar surface area (TPSA) is 99.3 Å². The van der Waals surface area contributed by atoms with Gasteiger partial charge in [-0.25, -0.2) is 8.42 Å². The van der Waals surface area contributed by atoms with Crippen molar-refractivity contribution in [1.29, 1.82) is 0 Å². The van der Waals surface area contributed by atoms with E-state index in [4.69, 9.17) is 4.74 Å². The first-order chi connectivity index (χ1) is 19.5. The molecule has 3 heterocycles. The molecule has 11 heteroatoms. The van der Waals surface area contributed by atoms with Crippen molar-refractivity contribution in [2.24, 2.45) is 0 Å². The fraction of sp³-hybridized carbons (Fsp3) is 0.400. The highest BCUT2D eigenvalue weighted by Gasteiger charge is 2.33. The summed E-state index contributed by atoms with van der Waals surface area (Å²) in [5.74, 6) is -0.542. The number of amides is 2. The van der Waals surface area contributed by atoms with Gasteiger partial charge in [-0.15, -0.1) is 11.3 Å². The maximum Gasteiger partial charge on any atom is 0.256 e. The normalized spacial score (nSPS) is 19.9. The molecule has 0 aliphatic carbocycles. The van der Waals surface area contributed by atoms with Crippen LogP contribution in [0.15, 0.2) is 59.5 Å². The number of nitrogens with zero attached hydrogens (tertiary/aromatic N) is 3. The molecule has 2 aromatic carbocycles. The lowest BCUT2D eigenvalue weighted by atomic mass is 10.0. The van der Waals surface area contributed by atoms with Crippen LogP contribution in [-0.4, -0.2) is 80.3 Å². The van der Waals surface area contributed by atoms with Crippen LogP contribution in [0.3, 0.4) is 0 Å². The van der Waals surface area contributed by atoms with E-state index in [2.05, 4.69) is 22.3 Å². The van der Waals surface area contributed by atoms with Crippen LogP contribution >= 0.6 is 11.3 Å². The van der Waals surface area contributed by atoms with Crippen LogP contribution in [-0.2, 0) is 34.3 Å². The molecular formula is C30H36N4O5S2. The van der Waals surface area contributed by atoms with Gasteiger partial charge in [0.25, 0.3) is 11.8 Å². The van der Waals surface area contributed by atoms with Crippen molar-refractivity contribution in [3.05, 3.63) is 81.7 Å². The maximum absolute atomic E-state index is 13.3. The van der Waals surface area contributed by atoms with E-state index < -0.39 is 15.9 Å². The fourth-order valence-electron chi connectivity index (χ4n) is 5.40. The van der Waals surface area contributed by atoms with E-state index in [1.165, 1.54) is 50.4 Å². The van der Waals surface area contributed by atoms with Crippen LogP contribution in [0.25, 0.3) is 0 Å². The molecular weight excluding hydrogens is 560 g/mol. The minimum atomic E-state index is -3.72. The SMILES string of the molecule is CC1CN(S(=O)(=O)c2ccc(C(=O)Nc3sc4c(c3C(=O)N(C)C)CCN(Cc3ccccc3)C4)cc2)CC(C)O1. The van der Waals surface area contributed by atoms with Crippen LogP contribution in [0.1, 0.15) is 50.6 Å². The Morgan fingerprint density at radius 3 is 2.32 bits per heavy atom. The molecule has 2 aliphatic heterocycles. The smallest absolute Gasteiger partial charge is 0.256 e. The number of carbonyl (C=O) groups excluding carboxylic acids is 2. The number of benzene rings is 2. The second kappa shape index (κ2) is 12.0. The molecule has 2 amide bonds.